The molecule has 1 aromatic carbocycles. The molecule has 1 saturated carbocycles. The lowest BCUT2D eigenvalue weighted by Crippen LogP contribution is -2.34. The molecular formula is C13H19N. The average Bonchev–Trinajstić information content (AvgIpc) is 2.44. The zero-order valence-electron chi connectivity index (χ0n) is 9.09. The minimum Gasteiger partial charge on any atom is -0.321 e. The van der Waals surface area contributed by atoms with Gasteiger partial charge in [0.15, 0.2) is 0 Å². The smallest absolute Gasteiger partial charge is 0.0414 e. The molecule has 0 heterocycles. The second-order valence-electron chi connectivity index (χ2n) is 5.36. The van der Waals surface area contributed by atoms with Gasteiger partial charge in [0.2, 0.25) is 0 Å². The van der Waals surface area contributed by atoms with Crippen LogP contribution in [0.5, 0.6) is 0 Å². The van der Waals surface area contributed by atoms with Crippen LogP contribution >= 0.6 is 0 Å². The van der Waals surface area contributed by atoms with Gasteiger partial charge in [0.1, 0.15) is 0 Å². The van der Waals surface area contributed by atoms with E-state index in [1.165, 1.54) is 12.0 Å². The first-order valence-corrected chi connectivity index (χ1v) is 5.36. The van der Waals surface area contributed by atoms with Gasteiger partial charge >= 0.3 is 0 Å². The first-order valence-electron chi connectivity index (χ1n) is 5.36. The van der Waals surface area contributed by atoms with Gasteiger partial charge in [0, 0.05) is 5.54 Å². The summed E-state index contributed by atoms with van der Waals surface area (Å²) in [5, 5.41) is 0. The molecule has 1 aliphatic carbocycles. The number of hydrogen-bond acceptors (Lipinski definition) is 1. The van der Waals surface area contributed by atoms with E-state index in [9.17, 15) is 0 Å². The number of rotatable bonds is 1. The Morgan fingerprint density at radius 3 is 2.21 bits per heavy atom. The zero-order valence-corrected chi connectivity index (χ0v) is 9.09. The van der Waals surface area contributed by atoms with Gasteiger partial charge in [-0.25, -0.2) is 0 Å². The predicted octanol–water partition coefficient (Wildman–Crippen LogP) is 3.05. The van der Waals surface area contributed by atoms with E-state index in [1.54, 1.807) is 0 Å². The first-order chi connectivity index (χ1) is 6.52. The Balaban J connectivity index is 2.27. The molecule has 1 nitrogen and oxygen atoms in total. The summed E-state index contributed by atoms with van der Waals surface area (Å²) in [5.74, 6) is 0. The van der Waals surface area contributed by atoms with Crippen molar-refractivity contribution in [2.75, 3.05) is 0 Å². The van der Waals surface area contributed by atoms with E-state index in [2.05, 4.69) is 38.1 Å². The summed E-state index contributed by atoms with van der Waals surface area (Å²) in [5.41, 5.74) is 8.08. The molecule has 1 atom stereocenters. The Labute approximate surface area is 86.3 Å². The summed E-state index contributed by atoms with van der Waals surface area (Å²) < 4.78 is 0. The molecule has 0 saturated heterocycles. The van der Waals surface area contributed by atoms with E-state index in [4.69, 9.17) is 5.73 Å². The van der Waals surface area contributed by atoms with Gasteiger partial charge in [-0.2, -0.15) is 0 Å². The van der Waals surface area contributed by atoms with Crippen LogP contribution in [0.2, 0.25) is 0 Å². The van der Waals surface area contributed by atoms with E-state index in [0.29, 0.717) is 5.41 Å². The third-order valence-corrected chi connectivity index (χ3v) is 3.39. The van der Waals surface area contributed by atoms with Crippen molar-refractivity contribution in [3.05, 3.63) is 35.9 Å². The topological polar surface area (TPSA) is 26.0 Å². The molecule has 14 heavy (non-hydrogen) atoms. The van der Waals surface area contributed by atoms with Gasteiger partial charge in [-0.3, -0.25) is 0 Å². The summed E-state index contributed by atoms with van der Waals surface area (Å²) >= 11 is 0. The quantitative estimate of drug-likeness (QED) is 0.722. The van der Waals surface area contributed by atoms with Crippen molar-refractivity contribution >= 4 is 0 Å². The lowest BCUT2D eigenvalue weighted by molar-refractivity contribution is 0.339. The molecule has 0 amide bonds. The Morgan fingerprint density at radius 2 is 1.71 bits per heavy atom. The van der Waals surface area contributed by atoms with Crippen LogP contribution in [0.1, 0.15) is 38.7 Å². The monoisotopic (exact) mass is 189 g/mol. The maximum absolute atomic E-state index is 6.46. The normalized spacial score (nSPS) is 30.5. The van der Waals surface area contributed by atoms with Crippen molar-refractivity contribution in [3.63, 3.8) is 0 Å². The molecule has 0 radical (unpaired) electrons. The van der Waals surface area contributed by atoms with E-state index in [1.807, 2.05) is 6.07 Å². The van der Waals surface area contributed by atoms with Gasteiger partial charge < -0.3 is 5.73 Å². The minimum atomic E-state index is -0.0786. The number of nitrogens with two attached hydrogens (primary N) is 1. The molecule has 0 spiro atoms. The minimum absolute atomic E-state index is 0.0786. The van der Waals surface area contributed by atoms with Gasteiger partial charge in [-0.05, 0) is 30.2 Å². The lowest BCUT2D eigenvalue weighted by atomic mass is 9.84. The second kappa shape index (κ2) is 3.09. The maximum Gasteiger partial charge on any atom is 0.0414 e. The molecule has 1 heteroatoms. The lowest BCUT2D eigenvalue weighted by Gasteiger charge is -2.27. The molecule has 1 unspecified atom stereocenters. The average molecular weight is 189 g/mol. The molecule has 0 aromatic heterocycles. The van der Waals surface area contributed by atoms with Crippen molar-refractivity contribution < 1.29 is 0 Å². The van der Waals surface area contributed by atoms with Gasteiger partial charge in [-0.15, -0.1) is 0 Å². The maximum atomic E-state index is 6.46. The summed E-state index contributed by atoms with van der Waals surface area (Å²) in [7, 11) is 0. The van der Waals surface area contributed by atoms with Crippen LogP contribution in [0.3, 0.4) is 0 Å². The van der Waals surface area contributed by atoms with Crippen molar-refractivity contribution in [3.8, 4) is 0 Å². The van der Waals surface area contributed by atoms with Crippen LogP contribution in [0, 0.1) is 5.41 Å². The van der Waals surface area contributed by atoms with Gasteiger partial charge in [0.05, 0.1) is 0 Å². The largest absolute Gasteiger partial charge is 0.321 e. The molecule has 76 valence electrons. The molecule has 1 aliphatic rings. The van der Waals surface area contributed by atoms with Crippen molar-refractivity contribution in [2.24, 2.45) is 11.1 Å². The Bertz CT molecular complexity index is 315. The van der Waals surface area contributed by atoms with E-state index in [-0.39, 0.29) is 5.54 Å². The molecule has 2 rings (SSSR count). The summed E-state index contributed by atoms with van der Waals surface area (Å²) in [6.45, 7) is 4.62. The van der Waals surface area contributed by atoms with Crippen molar-refractivity contribution in [1.29, 1.82) is 0 Å². The van der Waals surface area contributed by atoms with E-state index < -0.39 is 0 Å². The third kappa shape index (κ3) is 1.69. The Morgan fingerprint density at radius 1 is 1.07 bits per heavy atom. The van der Waals surface area contributed by atoms with Crippen molar-refractivity contribution in [1.82, 2.24) is 0 Å². The second-order valence-corrected chi connectivity index (χ2v) is 5.36. The highest BCUT2D eigenvalue weighted by atomic mass is 14.8. The van der Waals surface area contributed by atoms with Gasteiger partial charge in [0.25, 0.3) is 0 Å². The van der Waals surface area contributed by atoms with Gasteiger partial charge in [-0.1, -0.05) is 44.2 Å². The van der Waals surface area contributed by atoms with Crippen LogP contribution < -0.4 is 5.73 Å². The van der Waals surface area contributed by atoms with Crippen LogP contribution in [-0.2, 0) is 5.54 Å². The number of hydrogen-bond donors (Lipinski definition) is 1. The Hall–Kier alpha value is -0.820. The predicted molar refractivity (Wildman–Crippen MR) is 59.9 cm³/mol. The molecular weight excluding hydrogens is 170 g/mol. The molecule has 2 N–H and O–H groups in total. The Kier molecular flexibility index (Phi) is 2.15. The molecule has 0 bridgehead atoms. The fraction of sp³-hybridized carbons (Fsp3) is 0.538. The zero-order chi connectivity index (χ0) is 10.2. The fourth-order valence-corrected chi connectivity index (χ4v) is 2.61. The summed E-state index contributed by atoms with van der Waals surface area (Å²) in [4.78, 5) is 0. The molecule has 1 aromatic rings. The summed E-state index contributed by atoms with van der Waals surface area (Å²) in [6.07, 6.45) is 3.45. The fourth-order valence-electron chi connectivity index (χ4n) is 2.61. The van der Waals surface area contributed by atoms with Crippen LogP contribution in [0.15, 0.2) is 30.3 Å². The first kappa shape index (κ1) is 9.72. The van der Waals surface area contributed by atoms with Crippen LogP contribution in [0.4, 0.5) is 0 Å². The van der Waals surface area contributed by atoms with E-state index in [0.717, 1.165) is 12.8 Å². The third-order valence-electron chi connectivity index (χ3n) is 3.39. The van der Waals surface area contributed by atoms with Crippen LogP contribution in [0.25, 0.3) is 0 Å². The highest BCUT2D eigenvalue weighted by molar-refractivity contribution is 5.25. The number of benzene rings is 1. The molecule has 0 aliphatic heterocycles. The van der Waals surface area contributed by atoms with E-state index >= 15 is 0 Å². The van der Waals surface area contributed by atoms with Crippen molar-refractivity contribution in [2.45, 2.75) is 38.6 Å². The summed E-state index contributed by atoms with van der Waals surface area (Å²) in [6, 6.07) is 10.5. The highest BCUT2D eigenvalue weighted by Gasteiger charge is 2.41. The highest BCUT2D eigenvalue weighted by Crippen LogP contribution is 2.47. The van der Waals surface area contributed by atoms with Crippen LogP contribution in [-0.4, -0.2) is 0 Å². The standard InChI is InChI=1S/C13H19N/c1-12(2)8-9-13(14,10-12)11-6-4-3-5-7-11/h3-7H,8-10,14H2,1-2H3. The molecule has 1 fully saturated rings. The SMILES string of the molecule is CC1(C)CCC(N)(c2ccccc2)C1.